The van der Waals surface area contributed by atoms with Gasteiger partial charge in [-0.05, 0) is 44.1 Å². The van der Waals surface area contributed by atoms with E-state index in [-0.39, 0.29) is 11.0 Å². The van der Waals surface area contributed by atoms with Crippen LogP contribution in [0.4, 0.5) is 5.00 Å². The van der Waals surface area contributed by atoms with Crippen LogP contribution in [0, 0.1) is 13.8 Å². The molecule has 0 spiro atoms. The fourth-order valence-electron chi connectivity index (χ4n) is 2.35. The van der Waals surface area contributed by atoms with E-state index in [0.29, 0.717) is 28.3 Å². The van der Waals surface area contributed by atoms with Gasteiger partial charge in [-0.3, -0.25) is 15.6 Å². The second-order valence-corrected chi connectivity index (χ2v) is 6.74. The van der Waals surface area contributed by atoms with Crippen LogP contribution in [0.5, 0.6) is 0 Å². The zero-order valence-corrected chi connectivity index (χ0v) is 15.9. The molecule has 0 aromatic carbocycles. The van der Waals surface area contributed by atoms with E-state index in [1.165, 1.54) is 24.7 Å². The van der Waals surface area contributed by atoms with Gasteiger partial charge in [-0.2, -0.15) is 0 Å². The molecule has 0 bridgehead atoms. The molecular weight excluding hydrogens is 362 g/mol. The third-order valence-electron chi connectivity index (χ3n) is 3.57. The molecule has 0 aliphatic heterocycles. The van der Waals surface area contributed by atoms with Crippen molar-refractivity contribution in [2.24, 2.45) is 0 Å². The Morgan fingerprint density at radius 2 is 2.04 bits per heavy atom. The summed E-state index contributed by atoms with van der Waals surface area (Å²) in [6.07, 6.45) is 2.13. The SMILES string of the molecule is CCc1c(C)sc(NC(=S)NNC(=O)c2ccoc2C)c1C(=O)OC. The third-order valence-corrected chi connectivity index (χ3v) is 4.84. The van der Waals surface area contributed by atoms with E-state index in [2.05, 4.69) is 16.2 Å². The Hall–Kier alpha value is -2.39. The second kappa shape index (κ2) is 8.13. The Labute approximate surface area is 154 Å². The molecule has 2 heterocycles. The summed E-state index contributed by atoms with van der Waals surface area (Å²) in [4.78, 5) is 25.1. The molecular formula is C16H19N3O4S2. The molecule has 134 valence electrons. The van der Waals surface area contributed by atoms with Gasteiger partial charge in [0, 0.05) is 4.88 Å². The van der Waals surface area contributed by atoms with E-state index < -0.39 is 5.97 Å². The number of rotatable bonds is 4. The monoisotopic (exact) mass is 381 g/mol. The smallest absolute Gasteiger partial charge is 0.341 e. The average Bonchev–Trinajstić information content (AvgIpc) is 3.14. The number of thiophene rings is 1. The number of nitrogens with one attached hydrogen (secondary N) is 3. The van der Waals surface area contributed by atoms with Crippen LogP contribution >= 0.6 is 23.6 Å². The number of aryl methyl sites for hydroxylation is 2. The number of hydrazine groups is 1. The zero-order chi connectivity index (χ0) is 18.6. The van der Waals surface area contributed by atoms with Gasteiger partial charge in [0.05, 0.1) is 24.5 Å². The lowest BCUT2D eigenvalue weighted by Crippen LogP contribution is -2.43. The number of amides is 1. The van der Waals surface area contributed by atoms with Gasteiger partial charge in [0.15, 0.2) is 5.11 Å². The summed E-state index contributed by atoms with van der Waals surface area (Å²) < 4.78 is 9.94. The van der Waals surface area contributed by atoms with Crippen molar-refractivity contribution in [2.45, 2.75) is 27.2 Å². The molecule has 7 nitrogen and oxygen atoms in total. The lowest BCUT2D eigenvalue weighted by molar-refractivity contribution is 0.0601. The maximum absolute atomic E-state index is 12.1. The molecule has 3 N–H and O–H groups in total. The highest BCUT2D eigenvalue weighted by Crippen LogP contribution is 2.33. The molecule has 0 unspecified atom stereocenters. The minimum Gasteiger partial charge on any atom is -0.469 e. The molecule has 2 aromatic rings. The summed E-state index contributed by atoms with van der Waals surface area (Å²) in [7, 11) is 1.34. The van der Waals surface area contributed by atoms with Crippen molar-refractivity contribution < 1.29 is 18.7 Å². The maximum Gasteiger partial charge on any atom is 0.341 e. The van der Waals surface area contributed by atoms with E-state index in [4.69, 9.17) is 21.4 Å². The van der Waals surface area contributed by atoms with Gasteiger partial charge in [-0.15, -0.1) is 11.3 Å². The predicted molar refractivity (Wildman–Crippen MR) is 100 cm³/mol. The summed E-state index contributed by atoms with van der Waals surface area (Å²) in [6, 6.07) is 1.56. The first-order valence-corrected chi connectivity index (χ1v) is 8.73. The molecule has 0 fully saturated rings. The molecule has 2 aromatic heterocycles. The Kier molecular flexibility index (Phi) is 6.16. The van der Waals surface area contributed by atoms with Crippen molar-refractivity contribution >= 4 is 45.5 Å². The Bertz CT molecular complexity index is 810. The standard InChI is InChI=1S/C16H19N3O4S2/c1-5-10-9(3)25-14(12(10)15(21)22-4)17-16(24)19-18-13(20)11-6-7-23-8(11)2/h6-7H,5H2,1-4H3,(H,18,20)(H2,17,19,24). The summed E-state index contributed by atoms with van der Waals surface area (Å²) >= 11 is 6.59. The summed E-state index contributed by atoms with van der Waals surface area (Å²) in [5.74, 6) is -0.294. The van der Waals surface area contributed by atoms with Gasteiger partial charge in [-0.25, -0.2) is 4.79 Å². The van der Waals surface area contributed by atoms with Crippen LogP contribution in [0.15, 0.2) is 16.7 Å². The van der Waals surface area contributed by atoms with Gasteiger partial charge in [0.25, 0.3) is 5.91 Å². The van der Waals surface area contributed by atoms with Gasteiger partial charge < -0.3 is 14.5 Å². The molecule has 1 amide bonds. The number of carbonyl (C=O) groups is 2. The quantitative estimate of drug-likeness (QED) is 0.426. The third kappa shape index (κ3) is 4.18. The van der Waals surface area contributed by atoms with Crippen LogP contribution in [-0.4, -0.2) is 24.1 Å². The first-order valence-electron chi connectivity index (χ1n) is 7.51. The van der Waals surface area contributed by atoms with Crippen LogP contribution < -0.4 is 16.2 Å². The number of methoxy groups -OCH3 is 1. The number of esters is 1. The van der Waals surface area contributed by atoms with E-state index in [1.807, 2.05) is 13.8 Å². The Morgan fingerprint density at radius 3 is 2.60 bits per heavy atom. The molecule has 9 heteroatoms. The van der Waals surface area contributed by atoms with E-state index >= 15 is 0 Å². The second-order valence-electron chi connectivity index (χ2n) is 5.11. The molecule has 2 rings (SSSR count). The average molecular weight is 381 g/mol. The van der Waals surface area contributed by atoms with Gasteiger partial charge in [0.2, 0.25) is 0 Å². The normalized spacial score (nSPS) is 10.2. The van der Waals surface area contributed by atoms with Crippen LogP contribution in [0.25, 0.3) is 0 Å². The molecule has 0 radical (unpaired) electrons. The molecule has 0 atom stereocenters. The van der Waals surface area contributed by atoms with Gasteiger partial charge in [0.1, 0.15) is 10.8 Å². The number of hydrogen-bond donors (Lipinski definition) is 3. The minimum atomic E-state index is -0.426. The lowest BCUT2D eigenvalue weighted by atomic mass is 10.1. The van der Waals surface area contributed by atoms with Crippen LogP contribution in [-0.2, 0) is 11.2 Å². The highest BCUT2D eigenvalue weighted by atomic mass is 32.1. The Balaban J connectivity index is 2.07. The lowest BCUT2D eigenvalue weighted by Gasteiger charge is -2.11. The van der Waals surface area contributed by atoms with Crippen molar-refractivity contribution in [2.75, 3.05) is 12.4 Å². The van der Waals surface area contributed by atoms with Crippen molar-refractivity contribution in [3.8, 4) is 0 Å². The molecule has 25 heavy (non-hydrogen) atoms. The maximum atomic E-state index is 12.1. The van der Waals surface area contributed by atoms with Crippen molar-refractivity contribution in [3.05, 3.63) is 39.7 Å². The van der Waals surface area contributed by atoms with Crippen LogP contribution in [0.3, 0.4) is 0 Å². The molecule has 0 aliphatic rings. The first-order chi connectivity index (χ1) is 11.9. The van der Waals surface area contributed by atoms with E-state index in [1.54, 1.807) is 13.0 Å². The summed E-state index contributed by atoms with van der Waals surface area (Å²) in [6.45, 7) is 5.59. The van der Waals surface area contributed by atoms with Gasteiger partial charge in [-0.1, -0.05) is 6.92 Å². The number of thiocarbonyl (C=S) groups is 1. The zero-order valence-electron chi connectivity index (χ0n) is 14.3. The topological polar surface area (TPSA) is 92.6 Å². The van der Waals surface area contributed by atoms with Crippen molar-refractivity contribution in [1.82, 2.24) is 10.9 Å². The largest absolute Gasteiger partial charge is 0.469 e. The van der Waals surface area contributed by atoms with Gasteiger partial charge >= 0.3 is 5.97 Å². The van der Waals surface area contributed by atoms with E-state index in [0.717, 1.165) is 10.4 Å². The fourth-order valence-corrected chi connectivity index (χ4v) is 3.70. The van der Waals surface area contributed by atoms with Crippen LogP contribution in [0.1, 0.15) is 43.8 Å². The highest BCUT2D eigenvalue weighted by molar-refractivity contribution is 7.80. The Morgan fingerprint density at radius 1 is 1.32 bits per heavy atom. The van der Waals surface area contributed by atoms with Crippen molar-refractivity contribution in [3.63, 3.8) is 0 Å². The number of hydrogen-bond acceptors (Lipinski definition) is 6. The van der Waals surface area contributed by atoms with Crippen molar-refractivity contribution in [1.29, 1.82) is 0 Å². The number of carbonyl (C=O) groups excluding carboxylic acids is 2. The highest BCUT2D eigenvalue weighted by Gasteiger charge is 2.22. The number of anilines is 1. The predicted octanol–water partition coefficient (Wildman–Crippen LogP) is 2.94. The first kappa shape index (κ1) is 18.9. The molecule has 0 saturated heterocycles. The number of furan rings is 1. The number of ether oxygens (including phenoxy) is 1. The fraction of sp³-hybridized carbons (Fsp3) is 0.312. The van der Waals surface area contributed by atoms with Crippen LogP contribution in [0.2, 0.25) is 0 Å². The van der Waals surface area contributed by atoms with E-state index in [9.17, 15) is 9.59 Å². The minimum absolute atomic E-state index is 0.156. The summed E-state index contributed by atoms with van der Waals surface area (Å²) in [5.41, 5.74) is 6.88. The summed E-state index contributed by atoms with van der Waals surface area (Å²) in [5, 5.41) is 3.67. The molecule has 0 aliphatic carbocycles. The molecule has 0 saturated carbocycles.